The zero-order chi connectivity index (χ0) is 4.24. The molecule has 0 saturated carbocycles. The summed E-state index contributed by atoms with van der Waals surface area (Å²) >= 11 is 0. The monoisotopic (exact) mass is 226 g/mol. The summed E-state index contributed by atoms with van der Waals surface area (Å²) < 4.78 is 9.89. The molecule has 1 fully saturated rings. The zero-order valence-corrected chi connectivity index (χ0v) is 4.14. The summed E-state index contributed by atoms with van der Waals surface area (Å²) in [5, 5.41) is 0. The predicted octanol–water partition coefficient (Wildman–Crippen LogP) is -2.74. The summed E-state index contributed by atoms with van der Waals surface area (Å²) in [7, 11) is 0. The molecule has 0 aromatic carbocycles. The number of hydrogen-bond acceptors (Lipinski definition) is 2. The third kappa shape index (κ3) is 15.3. The van der Waals surface area contributed by atoms with Gasteiger partial charge in [-0.1, -0.05) is 0 Å². The topological polar surface area (TPSA) is 50.0 Å². The Bertz CT molecular complexity index is 31.2. The van der Waals surface area contributed by atoms with Gasteiger partial charge in [-0.05, 0) is 0 Å². The van der Waals surface area contributed by atoms with Crippen LogP contribution in [0.25, 0.3) is 0 Å². The summed E-state index contributed by atoms with van der Waals surface area (Å²) in [4.78, 5) is 0. The molecule has 3 nitrogen and oxygen atoms in total. The van der Waals surface area contributed by atoms with Crippen molar-refractivity contribution in [2.24, 2.45) is 0 Å². The van der Waals surface area contributed by atoms with Crippen molar-refractivity contribution in [1.82, 2.24) is 0 Å². The van der Waals surface area contributed by atoms with Crippen LogP contribution in [0, 0.1) is 0 Å². The van der Waals surface area contributed by atoms with Crippen LogP contribution in [0.2, 0.25) is 0 Å². The van der Waals surface area contributed by atoms with Crippen LogP contribution in [0.15, 0.2) is 0 Å². The van der Waals surface area contributed by atoms with E-state index in [0.29, 0.717) is 0 Å². The molecule has 0 aromatic rings. The van der Waals surface area contributed by atoms with Gasteiger partial charge >= 0.3 is 154 Å². The van der Waals surface area contributed by atoms with Crippen LogP contribution in [0.3, 0.4) is 0 Å². The van der Waals surface area contributed by atoms with Crippen molar-refractivity contribution < 1.29 is 14.9 Å². The van der Waals surface area contributed by atoms with Gasteiger partial charge in [-0.25, -0.2) is 0 Å². The molecule has 0 aromatic heterocycles. The standard InChI is InChI=1S/C4H8O2.3K.H2O.3H/c1-2-6-4-3-5-1;;;;;;;/h1-4H2;;;;1H2;;;. The SMILES string of the molecule is C1COCCO1.O.[KH].[KH].[KH]. The maximum atomic E-state index is 4.94. The van der Waals surface area contributed by atoms with Crippen LogP contribution in [-0.4, -0.2) is 186 Å². The van der Waals surface area contributed by atoms with Crippen LogP contribution >= 0.6 is 0 Å². The molecule has 1 saturated heterocycles. The van der Waals surface area contributed by atoms with Gasteiger partial charge in [-0.15, -0.1) is 0 Å². The molecule has 0 atom stereocenters. The van der Waals surface area contributed by atoms with Gasteiger partial charge in [0.1, 0.15) is 0 Å². The van der Waals surface area contributed by atoms with E-state index in [9.17, 15) is 0 Å². The van der Waals surface area contributed by atoms with Crippen LogP contribution in [0.4, 0.5) is 0 Å². The van der Waals surface area contributed by atoms with Gasteiger partial charge in [0.2, 0.25) is 0 Å². The van der Waals surface area contributed by atoms with E-state index in [4.69, 9.17) is 9.47 Å². The Morgan fingerprint density at radius 2 is 0.800 bits per heavy atom. The number of rotatable bonds is 0. The molecule has 2 N–H and O–H groups in total. The molecule has 10 heavy (non-hydrogen) atoms. The molecule has 1 aliphatic rings. The van der Waals surface area contributed by atoms with Crippen LogP contribution in [-0.2, 0) is 9.47 Å². The van der Waals surface area contributed by atoms with Crippen molar-refractivity contribution in [3.8, 4) is 0 Å². The third-order valence-electron chi connectivity index (χ3n) is 0.744. The van der Waals surface area contributed by atoms with Gasteiger partial charge in [0.25, 0.3) is 0 Å². The summed E-state index contributed by atoms with van der Waals surface area (Å²) in [6.07, 6.45) is 0. The third-order valence-corrected chi connectivity index (χ3v) is 0.744. The van der Waals surface area contributed by atoms with Crippen molar-refractivity contribution in [3.63, 3.8) is 0 Å². The summed E-state index contributed by atoms with van der Waals surface area (Å²) in [6.45, 7) is 3.11. The Balaban J connectivity index is -0.0000000450. The van der Waals surface area contributed by atoms with E-state index in [0.717, 1.165) is 26.4 Å². The van der Waals surface area contributed by atoms with Crippen LogP contribution in [0.1, 0.15) is 0 Å². The van der Waals surface area contributed by atoms with E-state index in [1.165, 1.54) is 0 Å². The molecule has 1 aliphatic heterocycles. The van der Waals surface area contributed by atoms with Gasteiger partial charge in [-0.2, -0.15) is 0 Å². The second-order valence-corrected chi connectivity index (χ2v) is 1.22. The normalized spacial score (nSPS) is 14.4. The minimum absolute atomic E-state index is 0. The second kappa shape index (κ2) is 19.4. The summed E-state index contributed by atoms with van der Waals surface area (Å²) in [5.74, 6) is 0. The Morgan fingerprint density at radius 3 is 0.900 bits per heavy atom. The van der Waals surface area contributed by atoms with Crippen molar-refractivity contribution in [2.75, 3.05) is 26.4 Å². The van der Waals surface area contributed by atoms with Gasteiger partial charge < -0.3 is 14.9 Å². The average molecular weight is 226 g/mol. The maximum absolute atomic E-state index is 4.94. The molecular weight excluding hydrogens is 213 g/mol. The van der Waals surface area contributed by atoms with Crippen molar-refractivity contribution in [3.05, 3.63) is 0 Å². The van der Waals surface area contributed by atoms with E-state index in [-0.39, 0.29) is 160 Å². The summed E-state index contributed by atoms with van der Waals surface area (Å²) in [5.41, 5.74) is 0. The molecule has 1 rings (SSSR count). The molecule has 50 valence electrons. The minimum atomic E-state index is 0. The summed E-state index contributed by atoms with van der Waals surface area (Å²) in [6, 6.07) is 0. The van der Waals surface area contributed by atoms with Crippen molar-refractivity contribution >= 4 is 154 Å². The van der Waals surface area contributed by atoms with Crippen LogP contribution < -0.4 is 0 Å². The molecule has 0 unspecified atom stereocenters. The van der Waals surface area contributed by atoms with Crippen LogP contribution in [0.5, 0.6) is 0 Å². The number of hydrogen-bond donors (Lipinski definition) is 0. The predicted molar refractivity (Wildman–Crippen MR) is 46.7 cm³/mol. The zero-order valence-electron chi connectivity index (χ0n) is 4.14. The molecule has 0 bridgehead atoms. The Labute approximate surface area is 189 Å². The first-order valence-corrected chi connectivity index (χ1v) is 2.15. The van der Waals surface area contributed by atoms with E-state index in [1.54, 1.807) is 0 Å². The van der Waals surface area contributed by atoms with Gasteiger partial charge in [0, 0.05) is 0 Å². The fourth-order valence-corrected chi connectivity index (χ4v) is 0.440. The van der Waals surface area contributed by atoms with Crippen molar-refractivity contribution in [1.29, 1.82) is 0 Å². The first-order valence-electron chi connectivity index (χ1n) is 2.15. The van der Waals surface area contributed by atoms with E-state index in [2.05, 4.69) is 0 Å². The number of ether oxygens (including phenoxy) is 2. The molecular formula is C4H13K3O3. The van der Waals surface area contributed by atoms with Gasteiger partial charge in [0.05, 0.1) is 26.4 Å². The van der Waals surface area contributed by atoms with E-state index >= 15 is 0 Å². The van der Waals surface area contributed by atoms with Crippen molar-refractivity contribution in [2.45, 2.75) is 0 Å². The Hall–Kier alpha value is 4.79. The fourth-order valence-electron chi connectivity index (χ4n) is 0.440. The fraction of sp³-hybridized carbons (Fsp3) is 1.00. The first-order chi connectivity index (χ1) is 3.00. The van der Waals surface area contributed by atoms with E-state index in [1.807, 2.05) is 0 Å². The van der Waals surface area contributed by atoms with E-state index < -0.39 is 0 Å². The van der Waals surface area contributed by atoms with Gasteiger partial charge in [0.15, 0.2) is 0 Å². The molecule has 0 radical (unpaired) electrons. The Kier molecular flexibility index (Phi) is 46.8. The quantitative estimate of drug-likeness (QED) is 0.421. The Morgan fingerprint density at radius 1 is 0.600 bits per heavy atom. The molecule has 0 amide bonds. The second-order valence-electron chi connectivity index (χ2n) is 1.22. The first kappa shape index (κ1) is 24.2. The van der Waals surface area contributed by atoms with Gasteiger partial charge in [-0.3, -0.25) is 0 Å². The molecule has 0 aliphatic carbocycles. The molecule has 0 spiro atoms. The average Bonchev–Trinajstić information content (AvgIpc) is 1.72. The molecule has 1 heterocycles. The molecule has 6 heteroatoms.